The Morgan fingerprint density at radius 1 is 1.34 bits per heavy atom. The van der Waals surface area contributed by atoms with E-state index in [1.165, 1.54) is 45.5 Å². The van der Waals surface area contributed by atoms with Crippen LogP contribution in [0.4, 0.5) is 5.13 Å². The molecule has 0 radical (unpaired) electrons. The summed E-state index contributed by atoms with van der Waals surface area (Å²) < 4.78 is 1.51. The molecule has 4 rings (SSSR count). The predicted molar refractivity (Wildman–Crippen MR) is 142 cm³/mol. The van der Waals surface area contributed by atoms with Gasteiger partial charge in [-0.05, 0) is 5.57 Å². The zero-order valence-electron chi connectivity index (χ0n) is 19.2. The number of thioether (sulfide) groups is 2. The van der Waals surface area contributed by atoms with Crippen molar-refractivity contribution in [3.05, 3.63) is 46.9 Å². The maximum absolute atomic E-state index is 13.0. The number of hydrogen-bond acceptors (Lipinski definition) is 11. The normalized spacial score (nSPS) is 18.7. The molecule has 196 valence electrons. The van der Waals surface area contributed by atoms with E-state index < -0.39 is 35.2 Å². The molecule has 13 nitrogen and oxygen atoms in total. The summed E-state index contributed by atoms with van der Waals surface area (Å²) >= 11 is 3.84. The van der Waals surface area contributed by atoms with Crippen molar-refractivity contribution in [1.82, 2.24) is 15.2 Å². The van der Waals surface area contributed by atoms with E-state index in [9.17, 15) is 24.3 Å². The average molecular weight is 590 g/mol. The van der Waals surface area contributed by atoms with E-state index in [1.54, 1.807) is 24.5 Å². The van der Waals surface area contributed by atoms with Crippen LogP contribution in [0.5, 0.6) is 0 Å². The molecule has 1 saturated heterocycles. The first-order valence-electron chi connectivity index (χ1n) is 10.6. The van der Waals surface area contributed by atoms with E-state index >= 15 is 0 Å². The number of nitrogens with one attached hydrogen (secondary N) is 1. The number of oxime groups is 1. The van der Waals surface area contributed by atoms with Gasteiger partial charge in [-0.2, -0.15) is 4.57 Å². The van der Waals surface area contributed by atoms with Gasteiger partial charge in [0, 0.05) is 33.9 Å². The van der Waals surface area contributed by atoms with E-state index in [0.29, 0.717) is 17.1 Å². The Morgan fingerprint density at radius 3 is 2.63 bits per heavy atom. The van der Waals surface area contributed by atoms with E-state index in [0.717, 1.165) is 16.2 Å². The Morgan fingerprint density at radius 2 is 2.05 bits per heavy atom. The third-order valence-electron chi connectivity index (χ3n) is 5.29. The summed E-state index contributed by atoms with van der Waals surface area (Å²) in [4.78, 5) is 59.5. The van der Waals surface area contributed by atoms with Crippen molar-refractivity contribution in [2.45, 2.75) is 22.9 Å². The number of pyridine rings is 1. The summed E-state index contributed by atoms with van der Waals surface area (Å²) in [6, 6.07) is 2.53. The molecule has 5 N–H and O–H groups in total. The Labute approximate surface area is 250 Å². The second kappa shape index (κ2) is 12.9. The molecule has 0 unspecified atom stereocenters. The van der Waals surface area contributed by atoms with E-state index in [2.05, 4.69) is 15.5 Å². The number of β-lactam (4-membered cyclic amide) rings is 1. The minimum atomic E-state index is -1.23. The summed E-state index contributed by atoms with van der Waals surface area (Å²) in [5, 5.41) is 26.2. The van der Waals surface area contributed by atoms with Gasteiger partial charge in [0.15, 0.2) is 23.2 Å². The van der Waals surface area contributed by atoms with Crippen LogP contribution in [0.25, 0.3) is 0 Å². The van der Waals surface area contributed by atoms with Gasteiger partial charge in [-0.15, -0.1) is 34.9 Å². The fourth-order valence-corrected chi connectivity index (χ4v) is 6.58. The first-order chi connectivity index (χ1) is 17.7. The van der Waals surface area contributed by atoms with E-state index in [-0.39, 0.29) is 58.3 Å². The van der Waals surface area contributed by atoms with Crippen LogP contribution in [0.2, 0.25) is 0 Å². The number of nitrogens with two attached hydrogens (primary N) is 1. The first kappa shape index (κ1) is 29.9. The van der Waals surface area contributed by atoms with Crippen LogP contribution in [-0.4, -0.2) is 109 Å². The summed E-state index contributed by atoms with van der Waals surface area (Å²) in [7, 11) is 1.27. The second-order valence-corrected chi connectivity index (χ2v) is 10.7. The molecule has 0 aliphatic carbocycles. The number of rotatable bonds is 10. The van der Waals surface area contributed by atoms with Crippen LogP contribution in [0.1, 0.15) is 5.69 Å². The van der Waals surface area contributed by atoms with Crippen molar-refractivity contribution in [1.29, 1.82) is 0 Å². The summed E-state index contributed by atoms with van der Waals surface area (Å²) in [6.07, 6.45) is 3.25. The van der Waals surface area contributed by atoms with Gasteiger partial charge >= 0.3 is 41.5 Å². The molecule has 2 atom stereocenters. The van der Waals surface area contributed by atoms with Crippen molar-refractivity contribution in [3.63, 3.8) is 0 Å². The number of carbonyl (C=O) groups excluding carboxylic acids is 2. The van der Waals surface area contributed by atoms with Crippen molar-refractivity contribution >= 4 is 99.0 Å². The molecule has 0 spiro atoms. The van der Waals surface area contributed by atoms with Crippen LogP contribution in [0, 0.1) is 0 Å². The van der Waals surface area contributed by atoms with E-state index in [4.69, 9.17) is 15.7 Å². The molecule has 0 aromatic carbocycles. The molecular formula is C21H22N6NaO7S3+. The standard InChI is InChI=1S/C21H20N6O7S3.Na.H/c1-34-25-14(12-9-37-21(22)23-12)17(30)24-15-18(31)27-16(20(32)33)10(8-36-19(15)27)7-35-11-2-4-26(5-3-11)6-13(28)29;;/h2-5,9,15,19H,6-8H2,1H3,(H4-,22,23,24,28,29,30,32,33);;/p+1/b25-14-;;/t15-,19-;;/m1../s1. The number of carboxylic acid groups (broad SMARTS) is 2. The van der Waals surface area contributed by atoms with Gasteiger partial charge in [-0.1, -0.05) is 5.16 Å². The summed E-state index contributed by atoms with van der Waals surface area (Å²) in [6.45, 7) is -0.164. The number of thiazole rings is 1. The number of aliphatic carboxylic acids is 2. The Kier molecular flexibility index (Phi) is 10.2. The number of amides is 2. The van der Waals surface area contributed by atoms with Crippen LogP contribution in [-0.2, 0) is 30.6 Å². The third kappa shape index (κ3) is 6.50. The summed E-state index contributed by atoms with van der Waals surface area (Å²) in [5.74, 6) is -2.76. The van der Waals surface area contributed by atoms with Crippen molar-refractivity contribution in [3.8, 4) is 0 Å². The molecule has 17 heteroatoms. The number of fused-ring (bicyclic) bond motifs is 1. The van der Waals surface area contributed by atoms with E-state index in [1.807, 2.05) is 0 Å². The molecule has 2 aromatic heterocycles. The molecule has 2 aliphatic rings. The SMILES string of the molecule is CO/N=C(\C(=O)N[C@@H]1C(=O)N2C(C(=O)O)=C(CSc3cc[n+](CC(=O)O)cc3)CS[C@H]12)c1csc(N)n1.[NaH]. The molecule has 0 saturated carbocycles. The number of nitrogen functional groups attached to an aromatic ring is 1. The molecular weight excluding hydrogens is 567 g/mol. The molecule has 2 amide bonds. The molecule has 2 aliphatic heterocycles. The molecule has 4 heterocycles. The fraction of sp³-hybridized carbons (Fsp3) is 0.286. The molecule has 2 aromatic rings. The van der Waals surface area contributed by atoms with Crippen molar-refractivity contribution in [2.24, 2.45) is 5.16 Å². The zero-order chi connectivity index (χ0) is 26.7. The Balaban J connectivity index is 0.00000400. The third-order valence-corrected chi connectivity index (χ3v) is 8.40. The molecule has 0 bridgehead atoms. The van der Waals surface area contributed by atoms with Crippen LogP contribution >= 0.6 is 34.9 Å². The topological polar surface area (TPSA) is 188 Å². The number of nitrogens with zero attached hydrogens (tertiary/aromatic N) is 4. The van der Waals surface area contributed by atoms with Gasteiger partial charge in [-0.3, -0.25) is 14.5 Å². The molecule has 1 fully saturated rings. The fourth-order valence-electron chi connectivity index (χ4n) is 3.67. The summed E-state index contributed by atoms with van der Waals surface area (Å²) in [5.41, 5.74) is 6.15. The quantitative estimate of drug-likeness (QED) is 0.0687. The minimum absolute atomic E-state index is 0. The second-order valence-electron chi connectivity index (χ2n) is 7.70. The number of hydrogen-bond donors (Lipinski definition) is 4. The average Bonchev–Trinajstić information content (AvgIpc) is 3.29. The zero-order valence-corrected chi connectivity index (χ0v) is 21.6. The van der Waals surface area contributed by atoms with Gasteiger partial charge in [0.05, 0.1) is 0 Å². The van der Waals surface area contributed by atoms with Gasteiger partial charge in [0.25, 0.3) is 11.8 Å². The van der Waals surface area contributed by atoms with Crippen molar-refractivity contribution < 1.29 is 38.8 Å². The van der Waals surface area contributed by atoms with Crippen LogP contribution < -0.4 is 15.6 Å². The van der Waals surface area contributed by atoms with Gasteiger partial charge in [0.2, 0.25) is 6.54 Å². The molecule has 38 heavy (non-hydrogen) atoms. The number of aromatic nitrogens is 2. The first-order valence-corrected chi connectivity index (χ1v) is 13.5. The number of carboxylic acids is 2. The monoisotopic (exact) mass is 589 g/mol. The van der Waals surface area contributed by atoms with Gasteiger partial charge < -0.3 is 26.1 Å². The Hall–Kier alpha value is -2.63. The van der Waals surface area contributed by atoms with Gasteiger partial charge in [-0.25, -0.2) is 14.6 Å². The Bertz CT molecular complexity index is 1320. The van der Waals surface area contributed by atoms with Gasteiger partial charge in [0.1, 0.15) is 29.9 Å². The predicted octanol–water partition coefficient (Wildman–Crippen LogP) is -0.670. The maximum atomic E-state index is 13.0. The van der Waals surface area contributed by atoms with Crippen LogP contribution in [0.3, 0.4) is 0 Å². The van der Waals surface area contributed by atoms with Crippen LogP contribution in [0.15, 0.2) is 51.2 Å². The number of carbonyl (C=O) groups is 4. The van der Waals surface area contributed by atoms with Crippen molar-refractivity contribution in [2.75, 3.05) is 24.3 Å². The number of anilines is 1.